The molecule has 0 spiro atoms. The number of benzene rings is 2. The molecule has 7 heteroatoms. The maximum absolute atomic E-state index is 10.7. The molecule has 0 amide bonds. The van der Waals surface area contributed by atoms with E-state index in [2.05, 4.69) is 27.3 Å². The number of aliphatic imine (C=N–C) groups is 1. The van der Waals surface area contributed by atoms with Gasteiger partial charge in [0, 0.05) is 44.7 Å². The van der Waals surface area contributed by atoms with E-state index in [1.54, 1.807) is 19.2 Å². The highest BCUT2D eigenvalue weighted by molar-refractivity contribution is 5.80. The van der Waals surface area contributed by atoms with E-state index < -0.39 is 0 Å². The van der Waals surface area contributed by atoms with Crippen LogP contribution in [0.15, 0.2) is 59.6 Å². The number of nitro groups is 1. The second-order valence-corrected chi connectivity index (χ2v) is 6.93. The lowest BCUT2D eigenvalue weighted by Gasteiger charge is -2.21. The Morgan fingerprint density at radius 2 is 1.96 bits per heavy atom. The van der Waals surface area contributed by atoms with Crippen LogP contribution in [0.3, 0.4) is 0 Å². The summed E-state index contributed by atoms with van der Waals surface area (Å²) in [7, 11) is 1.78. The Morgan fingerprint density at radius 3 is 2.64 bits per heavy atom. The van der Waals surface area contributed by atoms with E-state index in [4.69, 9.17) is 4.74 Å². The van der Waals surface area contributed by atoms with Crippen molar-refractivity contribution >= 4 is 11.6 Å². The fourth-order valence-corrected chi connectivity index (χ4v) is 3.33. The smallest absolute Gasteiger partial charge is 0.269 e. The van der Waals surface area contributed by atoms with Crippen molar-refractivity contribution in [3.8, 4) is 0 Å². The first-order chi connectivity index (χ1) is 13.7. The Hall–Kier alpha value is -2.93. The minimum Gasteiger partial charge on any atom is -0.376 e. The van der Waals surface area contributed by atoms with Gasteiger partial charge in [0.25, 0.3) is 5.69 Å². The van der Waals surface area contributed by atoms with Crippen molar-refractivity contribution in [2.45, 2.75) is 19.6 Å². The number of rotatable bonds is 7. The number of hydrogen-bond acceptors (Lipinski definition) is 4. The van der Waals surface area contributed by atoms with Crippen LogP contribution in [-0.2, 0) is 17.9 Å². The van der Waals surface area contributed by atoms with E-state index in [1.165, 1.54) is 17.7 Å². The zero-order chi connectivity index (χ0) is 19.8. The lowest BCUT2D eigenvalue weighted by molar-refractivity contribution is -0.384. The fourth-order valence-electron chi connectivity index (χ4n) is 3.33. The molecule has 0 bridgehead atoms. The number of ether oxygens (including phenoxy) is 1. The number of nitrogens with one attached hydrogen (secondary N) is 1. The van der Waals surface area contributed by atoms with Crippen LogP contribution in [0.25, 0.3) is 0 Å². The second kappa shape index (κ2) is 9.85. The van der Waals surface area contributed by atoms with E-state index in [9.17, 15) is 10.1 Å². The van der Waals surface area contributed by atoms with Gasteiger partial charge >= 0.3 is 0 Å². The molecule has 1 aliphatic heterocycles. The lowest BCUT2D eigenvalue weighted by atomic mass is 10.1. The van der Waals surface area contributed by atoms with Gasteiger partial charge in [-0.15, -0.1) is 0 Å². The molecule has 2 aromatic carbocycles. The average molecular weight is 382 g/mol. The Morgan fingerprint density at radius 1 is 1.21 bits per heavy atom. The molecular formula is C21H26N4O3. The molecule has 0 aliphatic carbocycles. The van der Waals surface area contributed by atoms with Gasteiger partial charge in [-0.2, -0.15) is 0 Å². The minimum atomic E-state index is -0.389. The number of nitrogens with zero attached hydrogens (tertiary/aromatic N) is 3. The summed E-state index contributed by atoms with van der Waals surface area (Å²) in [6.45, 7) is 3.82. The van der Waals surface area contributed by atoms with Gasteiger partial charge in [-0.3, -0.25) is 15.1 Å². The van der Waals surface area contributed by atoms with Crippen LogP contribution in [0.2, 0.25) is 0 Å². The summed E-state index contributed by atoms with van der Waals surface area (Å²) in [6.07, 6.45) is 1.08. The predicted molar refractivity (Wildman–Crippen MR) is 109 cm³/mol. The molecule has 1 saturated heterocycles. The third-order valence-electron chi connectivity index (χ3n) is 4.86. The van der Waals surface area contributed by atoms with Crippen molar-refractivity contribution in [3.63, 3.8) is 0 Å². The number of hydrogen-bond donors (Lipinski definition) is 1. The lowest BCUT2D eigenvalue weighted by Crippen LogP contribution is -2.39. The maximum atomic E-state index is 10.7. The van der Waals surface area contributed by atoms with Crippen LogP contribution < -0.4 is 5.32 Å². The molecule has 1 atom stereocenters. The summed E-state index contributed by atoms with van der Waals surface area (Å²) >= 11 is 0. The van der Waals surface area contributed by atoms with E-state index in [0.717, 1.165) is 37.6 Å². The van der Waals surface area contributed by atoms with E-state index >= 15 is 0 Å². The summed E-state index contributed by atoms with van der Waals surface area (Å²) in [5.74, 6) is 1.34. The van der Waals surface area contributed by atoms with Crippen LogP contribution in [0.4, 0.5) is 5.69 Å². The fraction of sp³-hybridized carbons (Fsp3) is 0.381. The minimum absolute atomic E-state index is 0.103. The van der Waals surface area contributed by atoms with Crippen molar-refractivity contribution in [2.24, 2.45) is 10.9 Å². The van der Waals surface area contributed by atoms with Crippen molar-refractivity contribution < 1.29 is 9.66 Å². The van der Waals surface area contributed by atoms with Gasteiger partial charge in [0.15, 0.2) is 5.96 Å². The van der Waals surface area contributed by atoms with Crippen LogP contribution in [0.5, 0.6) is 0 Å². The van der Waals surface area contributed by atoms with E-state index in [1.807, 2.05) is 18.2 Å². The average Bonchev–Trinajstić information content (AvgIpc) is 3.18. The molecule has 148 valence electrons. The Labute approximate surface area is 165 Å². The molecule has 1 N–H and O–H groups in total. The summed E-state index contributed by atoms with van der Waals surface area (Å²) in [6, 6.07) is 16.8. The molecule has 1 unspecified atom stereocenters. The Balaban J connectivity index is 1.43. The van der Waals surface area contributed by atoms with Crippen molar-refractivity contribution in [3.05, 3.63) is 75.8 Å². The Bertz CT molecular complexity index is 793. The van der Waals surface area contributed by atoms with E-state index in [-0.39, 0.29) is 10.6 Å². The van der Waals surface area contributed by atoms with Crippen LogP contribution >= 0.6 is 0 Å². The van der Waals surface area contributed by atoms with Crippen LogP contribution in [0.1, 0.15) is 17.5 Å². The monoisotopic (exact) mass is 382 g/mol. The highest BCUT2D eigenvalue weighted by Gasteiger charge is 2.25. The quantitative estimate of drug-likeness (QED) is 0.344. The van der Waals surface area contributed by atoms with Gasteiger partial charge < -0.3 is 15.0 Å². The summed E-state index contributed by atoms with van der Waals surface area (Å²) in [4.78, 5) is 17.0. The SMILES string of the molecule is CN=C(NCc1ccc([N+](=O)[O-])cc1)N1CCC(COCc2ccccc2)C1. The molecule has 1 heterocycles. The molecule has 7 nitrogen and oxygen atoms in total. The third kappa shape index (κ3) is 5.53. The first-order valence-electron chi connectivity index (χ1n) is 9.46. The molecule has 1 aliphatic rings. The summed E-state index contributed by atoms with van der Waals surface area (Å²) in [5, 5.41) is 14.1. The summed E-state index contributed by atoms with van der Waals surface area (Å²) in [5.41, 5.74) is 2.28. The first-order valence-corrected chi connectivity index (χ1v) is 9.46. The van der Waals surface area contributed by atoms with Gasteiger partial charge in [-0.25, -0.2) is 0 Å². The molecule has 2 aromatic rings. The highest BCUT2D eigenvalue weighted by atomic mass is 16.6. The van der Waals surface area contributed by atoms with Gasteiger partial charge in [-0.05, 0) is 17.5 Å². The molecule has 0 radical (unpaired) electrons. The van der Waals surface area contributed by atoms with Gasteiger partial charge in [0.2, 0.25) is 0 Å². The topological polar surface area (TPSA) is 80.0 Å². The van der Waals surface area contributed by atoms with Crippen LogP contribution in [0, 0.1) is 16.0 Å². The second-order valence-electron chi connectivity index (χ2n) is 6.93. The number of nitro benzene ring substituents is 1. The van der Waals surface area contributed by atoms with Crippen molar-refractivity contribution in [2.75, 3.05) is 26.7 Å². The maximum Gasteiger partial charge on any atom is 0.269 e. The summed E-state index contributed by atoms with van der Waals surface area (Å²) < 4.78 is 5.88. The van der Waals surface area contributed by atoms with Gasteiger partial charge in [-0.1, -0.05) is 42.5 Å². The third-order valence-corrected chi connectivity index (χ3v) is 4.86. The molecule has 0 aromatic heterocycles. The largest absolute Gasteiger partial charge is 0.376 e. The predicted octanol–water partition coefficient (Wildman–Crippen LogP) is 3.21. The van der Waals surface area contributed by atoms with Crippen LogP contribution in [-0.4, -0.2) is 42.5 Å². The zero-order valence-corrected chi connectivity index (χ0v) is 16.1. The highest BCUT2D eigenvalue weighted by Crippen LogP contribution is 2.18. The molecule has 0 saturated carbocycles. The zero-order valence-electron chi connectivity index (χ0n) is 16.1. The Kier molecular flexibility index (Phi) is 6.97. The normalized spacial score (nSPS) is 17.0. The molecule has 3 rings (SSSR count). The molecular weight excluding hydrogens is 356 g/mol. The van der Waals surface area contributed by atoms with Crippen molar-refractivity contribution in [1.29, 1.82) is 0 Å². The molecule has 1 fully saturated rings. The van der Waals surface area contributed by atoms with E-state index in [0.29, 0.717) is 19.1 Å². The standard InChI is InChI=1S/C21H26N4O3/c1-22-21(23-13-17-7-9-20(10-8-17)25(26)27)24-12-11-19(14-24)16-28-15-18-5-3-2-4-6-18/h2-10,19H,11-16H2,1H3,(H,22,23). The van der Waals surface area contributed by atoms with Crippen molar-refractivity contribution in [1.82, 2.24) is 10.2 Å². The van der Waals surface area contributed by atoms with Gasteiger partial charge in [0.1, 0.15) is 0 Å². The van der Waals surface area contributed by atoms with Gasteiger partial charge in [0.05, 0.1) is 18.1 Å². The number of likely N-dealkylation sites (tertiary alicyclic amines) is 1. The number of guanidine groups is 1. The number of non-ortho nitro benzene ring substituents is 1. The first kappa shape index (κ1) is 19.8. The molecule has 28 heavy (non-hydrogen) atoms.